The maximum Gasteiger partial charge on any atom is 0.177 e. The Morgan fingerprint density at radius 2 is 2.07 bits per heavy atom. The number of aromatic hydroxyl groups is 1. The third-order valence-electron chi connectivity index (χ3n) is 2.51. The summed E-state index contributed by atoms with van der Waals surface area (Å²) in [7, 11) is 1.45. The number of rotatable bonds is 2. The number of benzene rings is 1. The molecule has 1 fully saturated rings. The van der Waals surface area contributed by atoms with Crippen LogP contribution in [0.5, 0.6) is 11.5 Å². The molecule has 76 valence electrons. The molecule has 0 spiro atoms. The average Bonchev–Trinajstić information content (AvgIpc) is 2.89. The molecule has 4 heteroatoms. The Bertz CT molecular complexity index is 372. The zero-order chi connectivity index (χ0) is 10.3. The van der Waals surface area contributed by atoms with Crippen LogP contribution in [0.2, 0.25) is 5.02 Å². The summed E-state index contributed by atoms with van der Waals surface area (Å²) in [6, 6.07) is 3.25. The second kappa shape index (κ2) is 3.04. The Hall–Kier alpha value is -0.930. The molecule has 14 heavy (non-hydrogen) atoms. The molecule has 2 rings (SSSR count). The number of ether oxygens (including phenoxy) is 1. The van der Waals surface area contributed by atoms with Gasteiger partial charge in [0.05, 0.1) is 17.7 Å². The van der Waals surface area contributed by atoms with E-state index in [1.165, 1.54) is 7.11 Å². The van der Waals surface area contributed by atoms with Gasteiger partial charge in [-0.15, -0.1) is 0 Å². The molecular formula is C10H11ClO3. The second-order valence-electron chi connectivity index (χ2n) is 3.51. The molecule has 0 heterocycles. The Balaban J connectivity index is 2.55. The van der Waals surface area contributed by atoms with Crippen molar-refractivity contribution < 1.29 is 14.9 Å². The number of methoxy groups -OCH3 is 1. The first kappa shape index (κ1) is 9.62. The Labute approximate surface area is 86.9 Å². The molecule has 0 aliphatic heterocycles. The molecular weight excluding hydrogens is 204 g/mol. The van der Waals surface area contributed by atoms with Crippen molar-refractivity contribution >= 4 is 11.6 Å². The van der Waals surface area contributed by atoms with Crippen LogP contribution >= 0.6 is 11.6 Å². The first-order valence-electron chi connectivity index (χ1n) is 4.37. The first-order valence-corrected chi connectivity index (χ1v) is 4.74. The summed E-state index contributed by atoms with van der Waals surface area (Å²) < 4.78 is 5.03. The molecule has 0 saturated heterocycles. The smallest absolute Gasteiger partial charge is 0.177 e. The predicted octanol–water partition coefficient (Wildman–Crippen LogP) is 2.04. The van der Waals surface area contributed by atoms with Crippen LogP contribution in [0.3, 0.4) is 0 Å². The minimum atomic E-state index is -0.826. The van der Waals surface area contributed by atoms with E-state index in [1.807, 2.05) is 0 Å². The fourth-order valence-electron chi connectivity index (χ4n) is 1.51. The van der Waals surface area contributed by atoms with E-state index < -0.39 is 5.60 Å². The molecule has 0 amide bonds. The highest BCUT2D eigenvalue weighted by molar-refractivity contribution is 6.32. The summed E-state index contributed by atoms with van der Waals surface area (Å²) in [5.74, 6) is 0.171. The van der Waals surface area contributed by atoms with E-state index in [1.54, 1.807) is 12.1 Å². The van der Waals surface area contributed by atoms with Crippen molar-refractivity contribution in [2.75, 3.05) is 7.11 Å². The van der Waals surface area contributed by atoms with Gasteiger partial charge in [-0.1, -0.05) is 17.7 Å². The predicted molar refractivity (Wildman–Crippen MR) is 52.8 cm³/mol. The van der Waals surface area contributed by atoms with Crippen molar-refractivity contribution in [1.29, 1.82) is 0 Å². The third-order valence-corrected chi connectivity index (χ3v) is 2.82. The van der Waals surface area contributed by atoms with Gasteiger partial charge in [-0.3, -0.25) is 0 Å². The van der Waals surface area contributed by atoms with Gasteiger partial charge in [-0.25, -0.2) is 0 Å². The van der Waals surface area contributed by atoms with Crippen LogP contribution in [0.15, 0.2) is 12.1 Å². The molecule has 0 radical (unpaired) electrons. The molecule has 1 aliphatic carbocycles. The molecule has 0 aromatic heterocycles. The molecule has 1 aromatic rings. The highest BCUT2D eigenvalue weighted by Crippen LogP contribution is 2.52. The number of phenols is 1. The van der Waals surface area contributed by atoms with Gasteiger partial charge in [0.1, 0.15) is 0 Å². The molecule has 1 aromatic carbocycles. The lowest BCUT2D eigenvalue weighted by molar-refractivity contribution is 0.146. The van der Waals surface area contributed by atoms with Gasteiger partial charge < -0.3 is 14.9 Å². The van der Waals surface area contributed by atoms with Crippen LogP contribution in [0.25, 0.3) is 0 Å². The number of aliphatic hydroxyl groups is 1. The quantitative estimate of drug-likeness (QED) is 0.792. The fourth-order valence-corrected chi connectivity index (χ4v) is 1.66. The maximum atomic E-state index is 9.89. The molecule has 1 aliphatic rings. The molecule has 2 N–H and O–H groups in total. The first-order chi connectivity index (χ1) is 6.58. The lowest BCUT2D eigenvalue weighted by atomic mass is 10.1. The van der Waals surface area contributed by atoms with Crippen LogP contribution in [0.4, 0.5) is 0 Å². The third kappa shape index (κ3) is 1.33. The van der Waals surface area contributed by atoms with Crippen molar-refractivity contribution in [3.05, 3.63) is 22.7 Å². The molecule has 0 atom stereocenters. The van der Waals surface area contributed by atoms with E-state index >= 15 is 0 Å². The monoisotopic (exact) mass is 214 g/mol. The number of hydrogen-bond donors (Lipinski definition) is 2. The van der Waals surface area contributed by atoms with Gasteiger partial charge in [-0.05, 0) is 18.9 Å². The Kier molecular flexibility index (Phi) is 2.09. The number of hydrogen-bond acceptors (Lipinski definition) is 3. The van der Waals surface area contributed by atoms with E-state index in [0.29, 0.717) is 18.4 Å². The van der Waals surface area contributed by atoms with Gasteiger partial charge in [0.2, 0.25) is 0 Å². The topological polar surface area (TPSA) is 49.7 Å². The van der Waals surface area contributed by atoms with Gasteiger partial charge in [0, 0.05) is 5.56 Å². The molecule has 3 nitrogen and oxygen atoms in total. The minimum absolute atomic E-state index is 0.105. The van der Waals surface area contributed by atoms with Crippen molar-refractivity contribution in [2.45, 2.75) is 18.4 Å². The SMILES string of the molecule is COc1c(C2(O)CC2)ccc(Cl)c1O. The summed E-state index contributed by atoms with van der Waals surface area (Å²) in [5.41, 5.74) is -0.213. The van der Waals surface area contributed by atoms with Crippen LogP contribution in [-0.4, -0.2) is 17.3 Å². The van der Waals surface area contributed by atoms with Crippen LogP contribution < -0.4 is 4.74 Å². The van der Waals surface area contributed by atoms with E-state index in [0.717, 1.165) is 0 Å². The van der Waals surface area contributed by atoms with E-state index in [-0.39, 0.29) is 16.5 Å². The molecule has 0 unspecified atom stereocenters. The maximum absolute atomic E-state index is 9.89. The van der Waals surface area contributed by atoms with Crippen LogP contribution in [-0.2, 0) is 5.60 Å². The van der Waals surface area contributed by atoms with Crippen LogP contribution in [0, 0.1) is 0 Å². The minimum Gasteiger partial charge on any atom is -0.503 e. The van der Waals surface area contributed by atoms with Crippen LogP contribution in [0.1, 0.15) is 18.4 Å². The highest BCUT2D eigenvalue weighted by Gasteiger charge is 2.45. The normalized spacial score (nSPS) is 17.9. The second-order valence-corrected chi connectivity index (χ2v) is 3.92. The summed E-state index contributed by atoms with van der Waals surface area (Å²) in [4.78, 5) is 0. The molecule has 1 saturated carbocycles. The van der Waals surface area contributed by atoms with Gasteiger partial charge in [-0.2, -0.15) is 0 Å². The summed E-state index contributed by atoms with van der Waals surface area (Å²) >= 11 is 5.72. The van der Waals surface area contributed by atoms with Gasteiger partial charge >= 0.3 is 0 Å². The Morgan fingerprint density at radius 3 is 2.57 bits per heavy atom. The van der Waals surface area contributed by atoms with E-state index in [2.05, 4.69) is 0 Å². The standard InChI is InChI=1S/C10H11ClO3/c1-14-9-6(10(13)4-5-10)2-3-7(11)8(9)12/h2-3,12-13H,4-5H2,1H3. The summed E-state index contributed by atoms with van der Waals surface area (Å²) in [6.45, 7) is 0. The van der Waals surface area contributed by atoms with Crippen molar-refractivity contribution in [2.24, 2.45) is 0 Å². The zero-order valence-corrected chi connectivity index (χ0v) is 8.51. The number of halogens is 1. The largest absolute Gasteiger partial charge is 0.503 e. The van der Waals surface area contributed by atoms with Crippen molar-refractivity contribution in [3.8, 4) is 11.5 Å². The Morgan fingerprint density at radius 1 is 1.43 bits per heavy atom. The van der Waals surface area contributed by atoms with Crippen molar-refractivity contribution in [3.63, 3.8) is 0 Å². The average molecular weight is 215 g/mol. The van der Waals surface area contributed by atoms with E-state index in [9.17, 15) is 10.2 Å². The molecule has 0 bridgehead atoms. The zero-order valence-electron chi connectivity index (χ0n) is 7.75. The highest BCUT2D eigenvalue weighted by atomic mass is 35.5. The van der Waals surface area contributed by atoms with Gasteiger partial charge in [0.15, 0.2) is 11.5 Å². The van der Waals surface area contributed by atoms with Crippen molar-refractivity contribution in [1.82, 2.24) is 0 Å². The lowest BCUT2D eigenvalue weighted by Crippen LogP contribution is -2.06. The fraction of sp³-hybridized carbons (Fsp3) is 0.400. The van der Waals surface area contributed by atoms with E-state index in [4.69, 9.17) is 16.3 Å². The summed E-state index contributed by atoms with van der Waals surface area (Å²) in [6.07, 6.45) is 1.40. The summed E-state index contributed by atoms with van der Waals surface area (Å²) in [5, 5.41) is 19.7. The lowest BCUT2D eigenvalue weighted by Gasteiger charge is -2.14. The van der Waals surface area contributed by atoms with Gasteiger partial charge in [0.25, 0.3) is 0 Å². The number of phenolic OH excluding ortho intramolecular Hbond substituents is 1.